The molecule has 9 heteroatoms. The highest BCUT2D eigenvalue weighted by atomic mass is 28.4. The maximum Gasteiger partial charge on any atom is 0.264 e. The normalized spacial score (nSPS) is 23.9. The number of nitrogens with one attached hydrogen (secondary N) is 1. The van der Waals surface area contributed by atoms with Gasteiger partial charge in [-0.2, -0.15) is 0 Å². The number of fused-ring (bicyclic) bond motifs is 2. The zero-order valence-corrected chi connectivity index (χ0v) is 24.3. The smallest absolute Gasteiger partial charge is 0.264 e. The number of aliphatic hydroxyl groups is 1. The van der Waals surface area contributed by atoms with Gasteiger partial charge in [0.05, 0.1) is 25.4 Å². The van der Waals surface area contributed by atoms with Crippen molar-refractivity contribution in [2.45, 2.75) is 50.2 Å². The number of aliphatic hydroxyl groups excluding tert-OH is 1. The number of carbonyl (C=O) groups is 2. The van der Waals surface area contributed by atoms with Gasteiger partial charge in [0.25, 0.3) is 11.8 Å². The predicted octanol–water partition coefficient (Wildman–Crippen LogP) is 4.67. The molecule has 0 bridgehead atoms. The van der Waals surface area contributed by atoms with E-state index in [9.17, 15) is 19.5 Å². The molecule has 210 valence electrons. The fourth-order valence-corrected chi connectivity index (χ4v) is 9.02. The maximum absolute atomic E-state index is 14.4. The molecular weight excluding hydrogens is 524 g/mol. The molecule has 1 saturated heterocycles. The highest BCUT2D eigenvalue weighted by molar-refractivity contribution is 6.71. The van der Waals surface area contributed by atoms with Gasteiger partial charge in [0.2, 0.25) is 0 Å². The van der Waals surface area contributed by atoms with Gasteiger partial charge in [-0.1, -0.05) is 37.3 Å². The van der Waals surface area contributed by atoms with Crippen LogP contribution in [0.25, 0.3) is 0 Å². The van der Waals surface area contributed by atoms with Crippen molar-refractivity contribution in [2.75, 3.05) is 23.9 Å². The largest absolute Gasteiger partial charge is 0.497 e. The van der Waals surface area contributed by atoms with Gasteiger partial charge in [0, 0.05) is 34.9 Å². The van der Waals surface area contributed by atoms with E-state index < -0.39 is 20.0 Å². The first kappa shape index (κ1) is 28.0. The minimum absolute atomic E-state index is 0.110. The lowest BCUT2D eigenvalue weighted by atomic mass is 9.82. The van der Waals surface area contributed by atoms with Crippen LogP contribution in [-0.4, -0.2) is 49.9 Å². The van der Waals surface area contributed by atoms with Crippen LogP contribution in [0.15, 0.2) is 72.8 Å². The molecule has 2 amide bonds. The molecule has 0 saturated carbocycles. The molecule has 2 aliphatic rings. The van der Waals surface area contributed by atoms with Gasteiger partial charge in [-0.15, -0.1) is 0 Å². The zero-order valence-electron chi connectivity index (χ0n) is 23.3. The number of amides is 2. The number of methoxy groups -OCH3 is 1. The molecule has 0 unspecified atom stereocenters. The van der Waals surface area contributed by atoms with Crippen molar-refractivity contribution in [3.63, 3.8) is 0 Å². The van der Waals surface area contributed by atoms with Crippen molar-refractivity contribution in [1.82, 2.24) is 0 Å². The van der Waals surface area contributed by atoms with Crippen LogP contribution in [0.1, 0.15) is 34.8 Å². The molecule has 0 aliphatic carbocycles. The summed E-state index contributed by atoms with van der Waals surface area (Å²) in [5, 5.41) is 12.8. The molecule has 0 radical (unpaired) electrons. The summed E-state index contributed by atoms with van der Waals surface area (Å²) in [5.74, 6) is -0.179. The third kappa shape index (κ3) is 4.83. The zero-order chi connectivity index (χ0) is 28.7. The van der Waals surface area contributed by atoms with E-state index in [1.165, 1.54) is 0 Å². The summed E-state index contributed by atoms with van der Waals surface area (Å²) in [6.07, 6.45) is -0.152. The molecule has 3 aromatic rings. The Bertz CT molecular complexity index is 1390. The summed E-state index contributed by atoms with van der Waals surface area (Å²) in [5.41, 5.74) is 1.74. The van der Waals surface area contributed by atoms with E-state index in [1.54, 1.807) is 42.3 Å². The molecule has 8 nitrogen and oxygen atoms in total. The van der Waals surface area contributed by atoms with E-state index in [2.05, 4.69) is 5.32 Å². The minimum atomic E-state index is -2.81. The van der Waals surface area contributed by atoms with Gasteiger partial charge >= 0.3 is 0 Å². The molecule has 2 aliphatic heterocycles. The average molecular weight is 561 g/mol. The van der Waals surface area contributed by atoms with Crippen LogP contribution in [-0.2, 0) is 21.7 Å². The molecule has 3 aromatic carbocycles. The Morgan fingerprint density at radius 3 is 2.42 bits per heavy atom. The van der Waals surface area contributed by atoms with Crippen LogP contribution in [0, 0.1) is 5.92 Å². The van der Waals surface area contributed by atoms with E-state index in [0.29, 0.717) is 41.2 Å². The van der Waals surface area contributed by atoms with E-state index in [4.69, 9.17) is 9.47 Å². The first-order valence-electron chi connectivity index (χ1n) is 13.6. The summed E-state index contributed by atoms with van der Waals surface area (Å²) in [4.78, 5) is 40.5. The van der Waals surface area contributed by atoms with E-state index in [0.717, 1.165) is 5.56 Å². The number of nitrogens with zero attached hydrogens (tertiary/aromatic N) is 1. The number of hydrogen-bond donors (Lipinski definition) is 3. The summed E-state index contributed by atoms with van der Waals surface area (Å²) < 4.78 is 11.9. The quantitative estimate of drug-likeness (QED) is 0.346. The number of anilines is 2. The molecule has 5 rings (SSSR count). The van der Waals surface area contributed by atoms with Crippen LogP contribution in [0.2, 0.25) is 18.6 Å². The van der Waals surface area contributed by atoms with Crippen molar-refractivity contribution in [1.29, 1.82) is 0 Å². The molecule has 40 heavy (non-hydrogen) atoms. The second-order valence-electron chi connectivity index (χ2n) is 11.2. The highest BCUT2D eigenvalue weighted by Gasteiger charge is 2.66. The summed E-state index contributed by atoms with van der Waals surface area (Å²) in [6, 6.07) is 22.0. The van der Waals surface area contributed by atoms with Crippen molar-refractivity contribution >= 4 is 31.5 Å². The Labute approximate surface area is 235 Å². The standard InChI is InChI=1S/C31H36N2O6Si/c1-20-28(40(3,4)37)27(16-17-34)39-31(20)25-18-23(32-29(35)22-10-13-24(38-2)14-11-22)12-15-26(25)33(30(31)36)19-21-8-6-5-7-9-21/h5-15,18,20,27-28,34,37H,16-17,19H2,1-4H3,(H,32,35)/t20-,27+,28-,31+/m1/s1. The molecule has 3 N–H and O–H groups in total. The Kier molecular flexibility index (Phi) is 7.58. The van der Waals surface area contributed by atoms with E-state index in [-0.39, 0.29) is 29.9 Å². The Morgan fingerprint density at radius 1 is 1.10 bits per heavy atom. The van der Waals surface area contributed by atoms with Gasteiger partial charge < -0.3 is 29.6 Å². The third-order valence-electron chi connectivity index (χ3n) is 8.19. The monoisotopic (exact) mass is 560 g/mol. The lowest BCUT2D eigenvalue weighted by Crippen LogP contribution is -2.46. The predicted molar refractivity (Wildman–Crippen MR) is 156 cm³/mol. The van der Waals surface area contributed by atoms with Gasteiger partial charge in [0.15, 0.2) is 13.9 Å². The fourth-order valence-electron chi connectivity index (χ4n) is 6.42. The summed E-state index contributed by atoms with van der Waals surface area (Å²) in [7, 11) is -1.24. The van der Waals surface area contributed by atoms with E-state index >= 15 is 0 Å². The molecule has 1 spiro atoms. The highest BCUT2D eigenvalue weighted by Crippen LogP contribution is 2.60. The molecule has 0 aromatic heterocycles. The molecular formula is C31H36N2O6Si. The van der Waals surface area contributed by atoms with Gasteiger partial charge in [0.1, 0.15) is 5.75 Å². The number of benzene rings is 3. The van der Waals surface area contributed by atoms with Gasteiger partial charge in [-0.05, 0) is 67.5 Å². The second kappa shape index (κ2) is 10.8. The third-order valence-corrected chi connectivity index (χ3v) is 10.7. The first-order chi connectivity index (χ1) is 19.1. The second-order valence-corrected chi connectivity index (χ2v) is 15.1. The Hall–Kier alpha value is -3.50. The topological polar surface area (TPSA) is 108 Å². The first-order valence-corrected chi connectivity index (χ1v) is 16.6. The van der Waals surface area contributed by atoms with Gasteiger partial charge in [-0.3, -0.25) is 9.59 Å². The Balaban J connectivity index is 1.57. The lowest BCUT2D eigenvalue weighted by molar-refractivity contribution is -0.146. The summed E-state index contributed by atoms with van der Waals surface area (Å²) >= 11 is 0. The van der Waals surface area contributed by atoms with Crippen LogP contribution in [0.4, 0.5) is 11.4 Å². The number of rotatable bonds is 8. The SMILES string of the molecule is COc1ccc(C(=O)Nc2ccc3c(c2)[C@]2(O[C@@H](CCO)[C@H]([Si](C)(C)O)[C@H]2C)C(=O)N3Cc2ccccc2)cc1. The number of carbonyl (C=O) groups excluding carboxylic acids is 2. The van der Waals surface area contributed by atoms with Crippen LogP contribution < -0.4 is 15.0 Å². The van der Waals surface area contributed by atoms with Crippen LogP contribution in [0.3, 0.4) is 0 Å². The van der Waals surface area contributed by atoms with Crippen molar-refractivity contribution < 1.29 is 29.0 Å². The Morgan fingerprint density at radius 2 is 1.80 bits per heavy atom. The number of hydrogen-bond acceptors (Lipinski definition) is 6. The fraction of sp³-hybridized carbons (Fsp3) is 0.355. The van der Waals surface area contributed by atoms with Crippen molar-refractivity contribution in [3.8, 4) is 5.75 Å². The molecule has 2 heterocycles. The van der Waals surface area contributed by atoms with Crippen molar-refractivity contribution in [2.24, 2.45) is 5.92 Å². The maximum atomic E-state index is 14.4. The minimum Gasteiger partial charge on any atom is -0.497 e. The summed E-state index contributed by atoms with van der Waals surface area (Å²) in [6.45, 7) is 5.92. The van der Waals surface area contributed by atoms with Crippen LogP contribution >= 0.6 is 0 Å². The van der Waals surface area contributed by atoms with Gasteiger partial charge in [-0.25, -0.2) is 0 Å². The molecule has 4 atom stereocenters. The van der Waals surface area contributed by atoms with Crippen molar-refractivity contribution in [3.05, 3.63) is 89.5 Å². The molecule has 1 fully saturated rings. The lowest BCUT2D eigenvalue weighted by Gasteiger charge is -2.32. The number of ether oxygens (including phenoxy) is 2. The van der Waals surface area contributed by atoms with Crippen LogP contribution in [0.5, 0.6) is 5.75 Å². The van der Waals surface area contributed by atoms with E-state index in [1.807, 2.05) is 62.5 Å². The average Bonchev–Trinajstić information content (AvgIpc) is 3.36.